The Balaban J connectivity index is 4.75. The highest BCUT2D eigenvalue weighted by molar-refractivity contribution is 5.82. The highest BCUT2D eigenvalue weighted by atomic mass is 16.1. The quantitative estimate of drug-likeness (QED) is 0.459. The van der Waals surface area contributed by atoms with Crippen LogP contribution in [-0.2, 0) is 4.79 Å². The molecule has 0 fully saturated rings. The maximum atomic E-state index is 11.5. The van der Waals surface area contributed by atoms with Crippen LogP contribution in [0.1, 0.15) is 40.5 Å². The summed E-state index contributed by atoms with van der Waals surface area (Å²) in [6, 6.07) is -0.240. The molecular formula is C12H24N4O. The molecule has 0 bridgehead atoms. The van der Waals surface area contributed by atoms with Crippen molar-refractivity contribution in [2.24, 2.45) is 22.4 Å². The zero-order valence-electron chi connectivity index (χ0n) is 11.2. The second kappa shape index (κ2) is 7.70. The lowest BCUT2D eigenvalue weighted by molar-refractivity contribution is -0.119. The molecule has 0 rings (SSSR count). The van der Waals surface area contributed by atoms with Crippen LogP contribution in [0.25, 0.3) is 0 Å². The number of rotatable bonds is 7. The van der Waals surface area contributed by atoms with E-state index in [-0.39, 0.29) is 17.8 Å². The van der Waals surface area contributed by atoms with E-state index in [9.17, 15) is 4.79 Å². The molecule has 0 aliphatic carbocycles. The fraction of sp³-hybridized carbons (Fsp3) is 0.667. The molecule has 0 aromatic heterocycles. The second-order valence-electron chi connectivity index (χ2n) is 4.47. The van der Waals surface area contributed by atoms with E-state index in [0.717, 1.165) is 12.8 Å². The van der Waals surface area contributed by atoms with Gasteiger partial charge in [0, 0.05) is 0 Å². The Bertz CT molecular complexity index is 304. The van der Waals surface area contributed by atoms with Gasteiger partial charge >= 0.3 is 0 Å². The van der Waals surface area contributed by atoms with E-state index >= 15 is 0 Å². The molecule has 5 heteroatoms. The van der Waals surface area contributed by atoms with Gasteiger partial charge in [0.1, 0.15) is 5.82 Å². The number of nitrogens with two attached hydrogens (primary N) is 2. The van der Waals surface area contributed by atoms with Crippen LogP contribution < -0.4 is 16.8 Å². The van der Waals surface area contributed by atoms with Crippen LogP contribution in [0, 0.1) is 5.92 Å². The first-order valence-electron chi connectivity index (χ1n) is 5.93. The van der Waals surface area contributed by atoms with Gasteiger partial charge in [-0.05, 0) is 31.8 Å². The van der Waals surface area contributed by atoms with E-state index in [4.69, 9.17) is 11.5 Å². The van der Waals surface area contributed by atoms with Crippen molar-refractivity contribution in [3.63, 3.8) is 0 Å². The van der Waals surface area contributed by atoms with Crippen molar-refractivity contribution in [3.8, 4) is 0 Å². The van der Waals surface area contributed by atoms with Crippen LogP contribution in [0.3, 0.4) is 0 Å². The summed E-state index contributed by atoms with van der Waals surface area (Å²) >= 11 is 0. The third-order valence-electron chi connectivity index (χ3n) is 2.17. The summed E-state index contributed by atoms with van der Waals surface area (Å²) in [5, 5.41) is 3.08. The summed E-state index contributed by atoms with van der Waals surface area (Å²) in [5.41, 5.74) is 10.7. The number of hydrogen-bond donors (Lipinski definition) is 3. The standard InChI is InChI=1S/C12H24N4O/c1-5-6-11(16-12(13)14)15-10(9(4)17)7-8(2)3/h6,8,10,15H,5,7H2,1-4H3,(H4,13,14,16)/b11-6+. The molecule has 98 valence electrons. The molecule has 0 aliphatic heterocycles. The SMILES string of the molecule is CC/C=C(/N=C(N)N)NC(CC(C)C)C(C)=O. The second-order valence-corrected chi connectivity index (χ2v) is 4.47. The number of ketones is 1. The summed E-state index contributed by atoms with van der Waals surface area (Å²) in [6.07, 6.45) is 3.41. The van der Waals surface area contributed by atoms with Crippen molar-refractivity contribution in [2.75, 3.05) is 0 Å². The number of nitrogens with one attached hydrogen (secondary N) is 1. The molecule has 0 heterocycles. The molecular weight excluding hydrogens is 216 g/mol. The first kappa shape index (κ1) is 15.5. The summed E-state index contributed by atoms with van der Waals surface area (Å²) in [6.45, 7) is 7.69. The maximum Gasteiger partial charge on any atom is 0.192 e. The maximum absolute atomic E-state index is 11.5. The minimum Gasteiger partial charge on any atom is -0.370 e. The van der Waals surface area contributed by atoms with Crippen molar-refractivity contribution in [1.82, 2.24) is 5.32 Å². The van der Waals surface area contributed by atoms with Crippen molar-refractivity contribution >= 4 is 11.7 Å². The van der Waals surface area contributed by atoms with Gasteiger partial charge in [-0.25, -0.2) is 0 Å². The molecule has 17 heavy (non-hydrogen) atoms. The molecule has 0 aromatic rings. The number of guanidine groups is 1. The zero-order chi connectivity index (χ0) is 13.4. The Labute approximate surface area is 103 Å². The third kappa shape index (κ3) is 7.38. The topological polar surface area (TPSA) is 93.5 Å². The molecule has 5 N–H and O–H groups in total. The van der Waals surface area contributed by atoms with Crippen LogP contribution in [0.2, 0.25) is 0 Å². The van der Waals surface area contributed by atoms with E-state index in [2.05, 4.69) is 24.2 Å². The van der Waals surface area contributed by atoms with Gasteiger partial charge in [0.2, 0.25) is 0 Å². The molecule has 0 spiro atoms. The lowest BCUT2D eigenvalue weighted by atomic mass is 10.0. The highest BCUT2D eigenvalue weighted by Crippen LogP contribution is 2.08. The fourth-order valence-electron chi connectivity index (χ4n) is 1.45. The van der Waals surface area contributed by atoms with Gasteiger partial charge in [-0.2, -0.15) is 4.99 Å². The first-order chi connectivity index (χ1) is 7.86. The van der Waals surface area contributed by atoms with E-state index in [1.165, 1.54) is 0 Å². The van der Waals surface area contributed by atoms with Crippen molar-refractivity contribution in [3.05, 3.63) is 11.9 Å². The highest BCUT2D eigenvalue weighted by Gasteiger charge is 2.16. The van der Waals surface area contributed by atoms with Crippen molar-refractivity contribution in [2.45, 2.75) is 46.6 Å². The normalized spacial score (nSPS) is 13.4. The number of Topliss-reactive ketones (excluding diaryl/α,β-unsaturated/α-hetero) is 1. The number of aliphatic imine (C=N–C) groups is 1. The average Bonchev–Trinajstić information content (AvgIpc) is 2.15. The fourth-order valence-corrected chi connectivity index (χ4v) is 1.45. The molecule has 0 amide bonds. The van der Waals surface area contributed by atoms with Gasteiger partial charge in [0.25, 0.3) is 0 Å². The van der Waals surface area contributed by atoms with Gasteiger partial charge in [0.15, 0.2) is 11.7 Å². The first-order valence-corrected chi connectivity index (χ1v) is 5.93. The number of nitrogens with zero attached hydrogens (tertiary/aromatic N) is 1. The summed E-state index contributed by atoms with van der Waals surface area (Å²) in [7, 11) is 0. The monoisotopic (exact) mass is 240 g/mol. The number of carbonyl (C=O) groups is 1. The Morgan fingerprint density at radius 2 is 2.00 bits per heavy atom. The lowest BCUT2D eigenvalue weighted by Crippen LogP contribution is -2.36. The van der Waals surface area contributed by atoms with Gasteiger partial charge < -0.3 is 16.8 Å². The van der Waals surface area contributed by atoms with Crippen LogP contribution in [0.5, 0.6) is 0 Å². The van der Waals surface area contributed by atoms with Crippen LogP contribution in [0.4, 0.5) is 0 Å². The van der Waals surface area contributed by atoms with Gasteiger partial charge in [-0.1, -0.05) is 20.8 Å². The van der Waals surface area contributed by atoms with E-state index in [1.54, 1.807) is 6.92 Å². The molecule has 0 saturated heterocycles. The van der Waals surface area contributed by atoms with E-state index in [1.807, 2.05) is 13.0 Å². The van der Waals surface area contributed by atoms with E-state index in [0.29, 0.717) is 11.7 Å². The summed E-state index contributed by atoms with van der Waals surface area (Å²) in [4.78, 5) is 15.5. The lowest BCUT2D eigenvalue weighted by Gasteiger charge is -2.19. The molecule has 1 atom stereocenters. The molecule has 5 nitrogen and oxygen atoms in total. The largest absolute Gasteiger partial charge is 0.370 e. The Morgan fingerprint density at radius 3 is 2.35 bits per heavy atom. The Morgan fingerprint density at radius 1 is 1.41 bits per heavy atom. The number of allylic oxidation sites excluding steroid dienone is 1. The molecule has 0 aromatic carbocycles. The predicted molar refractivity (Wildman–Crippen MR) is 71.2 cm³/mol. The number of carbonyl (C=O) groups excluding carboxylic acids is 1. The number of hydrogen-bond acceptors (Lipinski definition) is 3. The Hall–Kier alpha value is -1.52. The molecule has 0 aliphatic rings. The minimum atomic E-state index is -0.240. The van der Waals surface area contributed by atoms with Crippen LogP contribution >= 0.6 is 0 Å². The van der Waals surface area contributed by atoms with Gasteiger partial charge in [-0.15, -0.1) is 0 Å². The van der Waals surface area contributed by atoms with Gasteiger partial charge in [-0.3, -0.25) is 4.79 Å². The minimum absolute atomic E-state index is 0.0101. The third-order valence-corrected chi connectivity index (χ3v) is 2.17. The van der Waals surface area contributed by atoms with Crippen molar-refractivity contribution < 1.29 is 4.79 Å². The Kier molecular flexibility index (Phi) is 7.02. The average molecular weight is 240 g/mol. The molecule has 1 unspecified atom stereocenters. The van der Waals surface area contributed by atoms with Gasteiger partial charge in [0.05, 0.1) is 6.04 Å². The smallest absolute Gasteiger partial charge is 0.192 e. The van der Waals surface area contributed by atoms with Crippen LogP contribution in [0.15, 0.2) is 16.9 Å². The molecule has 0 saturated carbocycles. The van der Waals surface area contributed by atoms with Crippen molar-refractivity contribution in [1.29, 1.82) is 0 Å². The predicted octanol–water partition coefficient (Wildman–Crippen LogP) is 1.10. The van der Waals surface area contributed by atoms with E-state index < -0.39 is 0 Å². The molecule has 0 radical (unpaired) electrons. The zero-order valence-corrected chi connectivity index (χ0v) is 11.2. The van der Waals surface area contributed by atoms with Crippen LogP contribution in [-0.4, -0.2) is 17.8 Å². The summed E-state index contributed by atoms with van der Waals surface area (Å²) < 4.78 is 0. The summed E-state index contributed by atoms with van der Waals surface area (Å²) in [5.74, 6) is 1.07.